The molecule has 0 bridgehead atoms. The van der Waals surface area contributed by atoms with Crippen LogP contribution in [-0.2, 0) is 19.5 Å². The first-order valence-corrected chi connectivity index (χ1v) is 11.4. The van der Waals surface area contributed by atoms with Crippen LogP contribution in [0.3, 0.4) is 0 Å². The van der Waals surface area contributed by atoms with Crippen molar-refractivity contribution in [3.8, 4) is 11.5 Å². The van der Waals surface area contributed by atoms with Crippen molar-refractivity contribution in [2.75, 3.05) is 0 Å². The van der Waals surface area contributed by atoms with E-state index in [1.54, 1.807) is 6.07 Å². The number of aromatic carboxylic acids is 2. The van der Waals surface area contributed by atoms with E-state index >= 15 is 0 Å². The molecule has 0 amide bonds. The Balaban J connectivity index is 0.000000464. The Kier molecular flexibility index (Phi) is 12.6. The van der Waals surface area contributed by atoms with Crippen LogP contribution in [0.2, 0.25) is 0 Å². The summed E-state index contributed by atoms with van der Waals surface area (Å²) in [4.78, 5) is 21.2. The van der Waals surface area contributed by atoms with Crippen LogP contribution in [0, 0.1) is 17.9 Å². The standard InChI is InChI=1S/C7H3I3O3.C7H4I2O3.Zn/c8-3-1-2(7(12)13)6(11)5(10)4(3)9;8-3-1-4(7(11)12)6(10)5(9)2-3;/h1,11H,(H,12,13);1-2,10H,(H,11,12);. The zero-order chi connectivity index (χ0) is 19.5. The zero-order valence-electron chi connectivity index (χ0n) is 12.4. The Morgan fingerprint density at radius 2 is 1.15 bits per heavy atom. The molecule has 0 heterocycles. The number of halogens is 5. The first kappa shape index (κ1) is 27.3. The molecule has 0 unspecified atom stereocenters. The van der Waals surface area contributed by atoms with E-state index in [1.165, 1.54) is 12.1 Å². The smallest absolute Gasteiger partial charge is 0.339 e. The molecule has 2 aromatic carbocycles. The van der Waals surface area contributed by atoms with Crippen LogP contribution < -0.4 is 0 Å². The normalized spacial score (nSPS) is 9.58. The fourth-order valence-electron chi connectivity index (χ4n) is 1.48. The maximum atomic E-state index is 10.7. The second-order valence-corrected chi connectivity index (χ2v) is 10.0. The molecule has 0 spiro atoms. The summed E-state index contributed by atoms with van der Waals surface area (Å²) in [6, 6.07) is 4.60. The first-order chi connectivity index (χ1) is 11.5. The van der Waals surface area contributed by atoms with Gasteiger partial charge in [-0.25, -0.2) is 9.59 Å². The summed E-state index contributed by atoms with van der Waals surface area (Å²) in [5.41, 5.74) is -0.0967. The Hall–Kier alpha value is 1.25. The van der Waals surface area contributed by atoms with Gasteiger partial charge in [-0.05, 0) is 131 Å². The molecule has 0 aliphatic carbocycles. The molecule has 0 aliphatic heterocycles. The second kappa shape index (κ2) is 12.1. The van der Waals surface area contributed by atoms with Gasteiger partial charge >= 0.3 is 11.9 Å². The van der Waals surface area contributed by atoms with E-state index in [-0.39, 0.29) is 42.1 Å². The van der Waals surface area contributed by atoms with Crippen molar-refractivity contribution in [3.63, 3.8) is 0 Å². The summed E-state index contributed by atoms with van der Waals surface area (Å²) in [6.45, 7) is 0. The zero-order valence-corrected chi connectivity index (χ0v) is 26.2. The fourth-order valence-corrected chi connectivity index (χ4v) is 5.41. The summed E-state index contributed by atoms with van der Waals surface area (Å²) in [6.07, 6.45) is 0. The Bertz CT molecular complexity index is 858. The van der Waals surface area contributed by atoms with Gasteiger partial charge in [-0.15, -0.1) is 0 Å². The topological polar surface area (TPSA) is 115 Å². The van der Waals surface area contributed by atoms with Gasteiger partial charge in [0.15, 0.2) is 0 Å². The van der Waals surface area contributed by atoms with Gasteiger partial charge in [-0.3, -0.25) is 0 Å². The number of phenols is 2. The van der Waals surface area contributed by atoms with E-state index in [2.05, 4.69) is 22.6 Å². The largest absolute Gasteiger partial charge is 0.506 e. The molecule has 0 saturated carbocycles. The molecule has 2 aromatic rings. The summed E-state index contributed by atoms with van der Waals surface area (Å²) < 4.78 is 3.64. The van der Waals surface area contributed by atoms with E-state index in [0.717, 1.165) is 10.7 Å². The van der Waals surface area contributed by atoms with Crippen LogP contribution in [0.5, 0.6) is 11.5 Å². The predicted octanol–water partition coefficient (Wildman–Crippen LogP) is 5.20. The Morgan fingerprint density at radius 3 is 1.62 bits per heavy atom. The van der Waals surface area contributed by atoms with E-state index < -0.39 is 11.9 Å². The molecule has 136 valence electrons. The van der Waals surface area contributed by atoms with Crippen molar-refractivity contribution in [1.82, 2.24) is 0 Å². The minimum Gasteiger partial charge on any atom is -0.506 e. The minimum absolute atomic E-state index is 0. The first-order valence-electron chi connectivity index (χ1n) is 5.98. The van der Waals surface area contributed by atoms with E-state index in [9.17, 15) is 19.8 Å². The molecule has 0 aliphatic rings. The van der Waals surface area contributed by atoms with Crippen molar-refractivity contribution < 1.29 is 49.5 Å². The molecule has 0 fully saturated rings. The van der Waals surface area contributed by atoms with Crippen LogP contribution in [0.25, 0.3) is 0 Å². The van der Waals surface area contributed by atoms with Crippen LogP contribution >= 0.6 is 113 Å². The average molecular weight is 971 g/mol. The third kappa shape index (κ3) is 7.25. The van der Waals surface area contributed by atoms with Gasteiger partial charge in [0.2, 0.25) is 0 Å². The van der Waals surface area contributed by atoms with Crippen molar-refractivity contribution in [2.24, 2.45) is 0 Å². The number of carbonyl (C=O) groups is 2. The summed E-state index contributed by atoms with van der Waals surface area (Å²) in [5.74, 6) is -2.53. The third-order valence-corrected chi connectivity index (χ3v) is 9.16. The SMILES string of the molecule is O=C(O)c1cc(I)c(I)c(I)c1O.O=C(O)c1cc(I)cc(I)c1O.[Zn]. The Labute approximate surface area is 229 Å². The number of rotatable bonds is 2. The van der Waals surface area contributed by atoms with Crippen molar-refractivity contribution >= 4 is 125 Å². The molecule has 0 radical (unpaired) electrons. The van der Waals surface area contributed by atoms with Gasteiger partial charge in [-0.2, -0.15) is 0 Å². The van der Waals surface area contributed by atoms with Crippen molar-refractivity contribution in [3.05, 3.63) is 47.2 Å². The third-order valence-electron chi connectivity index (χ3n) is 2.63. The maximum absolute atomic E-state index is 10.7. The van der Waals surface area contributed by atoms with Crippen LogP contribution in [0.4, 0.5) is 0 Å². The number of benzene rings is 2. The molecule has 4 N–H and O–H groups in total. The monoisotopic (exact) mass is 969 g/mol. The van der Waals surface area contributed by atoms with Gasteiger partial charge in [-0.1, -0.05) is 0 Å². The second-order valence-electron chi connectivity index (χ2n) is 4.28. The molecule has 0 aromatic heterocycles. The number of carboxylic acids is 2. The molecular formula is C14H7I5O6Zn. The predicted molar refractivity (Wildman–Crippen MR) is 134 cm³/mol. The number of hydrogen-bond acceptors (Lipinski definition) is 4. The maximum Gasteiger partial charge on any atom is 0.339 e. The quantitative estimate of drug-likeness (QED) is 0.187. The minimum atomic E-state index is -1.11. The molecular weight excluding hydrogens is 964 g/mol. The average Bonchev–Trinajstić information content (AvgIpc) is 2.52. The number of carboxylic acid groups (broad SMARTS) is 2. The molecule has 12 heteroatoms. The van der Waals surface area contributed by atoms with E-state index in [4.69, 9.17) is 10.2 Å². The van der Waals surface area contributed by atoms with Crippen molar-refractivity contribution in [1.29, 1.82) is 0 Å². The van der Waals surface area contributed by atoms with E-state index in [0.29, 0.717) is 7.14 Å². The van der Waals surface area contributed by atoms with Crippen LogP contribution in [0.1, 0.15) is 20.7 Å². The number of hydrogen-bond donors (Lipinski definition) is 4. The molecule has 2 rings (SSSR count). The van der Waals surface area contributed by atoms with Gasteiger partial charge in [0.25, 0.3) is 0 Å². The molecule has 26 heavy (non-hydrogen) atoms. The van der Waals surface area contributed by atoms with Crippen molar-refractivity contribution in [2.45, 2.75) is 0 Å². The molecule has 0 atom stereocenters. The van der Waals surface area contributed by atoms with Crippen LogP contribution in [-0.4, -0.2) is 32.4 Å². The molecule has 0 saturated heterocycles. The van der Waals surface area contributed by atoms with Gasteiger partial charge < -0.3 is 20.4 Å². The summed E-state index contributed by atoms with van der Waals surface area (Å²) >= 11 is 9.93. The van der Waals surface area contributed by atoms with Gasteiger partial charge in [0.1, 0.15) is 22.6 Å². The summed E-state index contributed by atoms with van der Waals surface area (Å²) in [5, 5.41) is 36.2. The fraction of sp³-hybridized carbons (Fsp3) is 0. The number of aromatic hydroxyl groups is 2. The molecule has 6 nitrogen and oxygen atoms in total. The Morgan fingerprint density at radius 1 is 0.692 bits per heavy atom. The van der Waals surface area contributed by atoms with Gasteiger partial charge in [0.05, 0.1) is 7.14 Å². The van der Waals surface area contributed by atoms with Gasteiger partial charge in [0, 0.05) is 30.2 Å². The van der Waals surface area contributed by atoms with Crippen LogP contribution in [0.15, 0.2) is 18.2 Å². The van der Waals surface area contributed by atoms with E-state index in [1.807, 2.05) is 90.4 Å². The summed E-state index contributed by atoms with van der Waals surface area (Å²) in [7, 11) is 0.